The Morgan fingerprint density at radius 3 is 2.73 bits per heavy atom. The number of benzene rings is 1. The molecule has 1 nitrogen and oxygen atoms in total. The quantitative estimate of drug-likeness (QED) is 0.340. The lowest BCUT2D eigenvalue weighted by Gasteiger charge is -2.06. The van der Waals surface area contributed by atoms with Crippen LogP contribution in [0.3, 0.4) is 0 Å². The zero-order valence-corrected chi connectivity index (χ0v) is 19.7. The Morgan fingerprint density at radius 2 is 1.97 bits per heavy atom. The molecule has 3 rings (SSSR count). The first-order valence-electron chi connectivity index (χ1n) is 10.1. The van der Waals surface area contributed by atoms with E-state index >= 15 is 0 Å². The maximum atomic E-state index is 6.04. The normalized spacial score (nSPS) is 12.1. The van der Waals surface area contributed by atoms with E-state index < -0.39 is 0 Å². The topological polar surface area (TPSA) is 9.23 Å². The van der Waals surface area contributed by atoms with Crippen molar-refractivity contribution in [2.75, 3.05) is 0 Å². The van der Waals surface area contributed by atoms with Gasteiger partial charge in [-0.25, -0.2) is 0 Å². The van der Waals surface area contributed by atoms with Crippen LogP contribution in [0.4, 0.5) is 0 Å². The van der Waals surface area contributed by atoms with E-state index in [1.54, 1.807) is 22.7 Å². The van der Waals surface area contributed by atoms with Crippen molar-refractivity contribution in [1.29, 1.82) is 0 Å². The monoisotopic (exact) mass is 432 g/mol. The summed E-state index contributed by atoms with van der Waals surface area (Å²) in [6, 6.07) is 12.6. The van der Waals surface area contributed by atoms with Crippen LogP contribution < -0.4 is 4.74 Å². The van der Waals surface area contributed by atoms with Gasteiger partial charge in [0.1, 0.15) is 12.4 Å². The first-order chi connectivity index (χ1) is 14.4. The summed E-state index contributed by atoms with van der Waals surface area (Å²) in [5.74, 6) is 7.24. The highest BCUT2D eigenvalue weighted by Gasteiger charge is 2.04. The molecule has 2 aromatic heterocycles. The van der Waals surface area contributed by atoms with E-state index in [2.05, 4.69) is 92.1 Å². The fraction of sp³-hybridized carbons (Fsp3) is 0.259. The molecule has 0 fully saturated rings. The fourth-order valence-electron chi connectivity index (χ4n) is 2.79. The summed E-state index contributed by atoms with van der Waals surface area (Å²) in [5.41, 5.74) is 5.05. The summed E-state index contributed by atoms with van der Waals surface area (Å²) in [7, 11) is 0. The highest BCUT2D eigenvalue weighted by atomic mass is 32.1. The number of hydrogen-bond acceptors (Lipinski definition) is 3. The van der Waals surface area contributed by atoms with Crippen LogP contribution in [0.2, 0.25) is 0 Å². The molecule has 30 heavy (non-hydrogen) atoms. The molecule has 1 aromatic carbocycles. The van der Waals surface area contributed by atoms with Crippen molar-refractivity contribution in [3.63, 3.8) is 0 Å². The molecule has 0 saturated heterocycles. The summed E-state index contributed by atoms with van der Waals surface area (Å²) in [6.07, 6.45) is 7.17. The minimum absolute atomic E-state index is 0.0459. The third-order valence-corrected chi connectivity index (χ3v) is 5.84. The summed E-state index contributed by atoms with van der Waals surface area (Å²) < 4.78 is 6.04. The molecular weight excluding hydrogens is 404 g/mol. The minimum atomic E-state index is 0.0459. The second-order valence-electron chi connectivity index (χ2n) is 8.29. The van der Waals surface area contributed by atoms with Crippen molar-refractivity contribution in [3.05, 3.63) is 80.7 Å². The van der Waals surface area contributed by atoms with Crippen LogP contribution in [0.25, 0.3) is 17.2 Å². The van der Waals surface area contributed by atoms with Crippen LogP contribution in [0.5, 0.6) is 5.75 Å². The Hall–Kier alpha value is -2.54. The van der Waals surface area contributed by atoms with Gasteiger partial charge in [0.05, 0.1) is 0 Å². The van der Waals surface area contributed by atoms with Gasteiger partial charge in [0.2, 0.25) is 0 Å². The van der Waals surface area contributed by atoms with Crippen molar-refractivity contribution < 1.29 is 4.74 Å². The van der Waals surface area contributed by atoms with Crippen molar-refractivity contribution in [2.45, 2.75) is 40.7 Å². The lowest BCUT2D eigenvalue weighted by molar-refractivity contribution is 0.310. The lowest BCUT2D eigenvalue weighted by atomic mass is 9.98. The van der Waals surface area contributed by atoms with Gasteiger partial charge in [0, 0.05) is 10.3 Å². The standard InChI is InChI=1S/C27H28OS2/c1-21(9-6-5-7-13-27(2,3)4)15-22-10-8-11-25(16-22)28-18-26-17-24(20-30-26)23-12-14-29-19-23/h5-6,8,10-12,14-17,19-20H,9,18H2,1-4H3. The summed E-state index contributed by atoms with van der Waals surface area (Å²) in [6.45, 7) is 9.10. The molecule has 0 spiro atoms. The zero-order valence-electron chi connectivity index (χ0n) is 18.1. The maximum absolute atomic E-state index is 6.04. The summed E-state index contributed by atoms with van der Waals surface area (Å²) in [4.78, 5) is 1.23. The molecule has 0 aliphatic heterocycles. The van der Waals surface area contributed by atoms with E-state index in [9.17, 15) is 0 Å². The number of ether oxygens (including phenoxy) is 1. The van der Waals surface area contributed by atoms with E-state index in [4.69, 9.17) is 4.74 Å². The number of rotatable bonds is 7. The zero-order chi connectivity index (χ0) is 21.4. The van der Waals surface area contributed by atoms with Gasteiger partial charge in [0.25, 0.3) is 0 Å². The second-order valence-corrected chi connectivity index (χ2v) is 10.1. The number of thiophene rings is 2. The van der Waals surface area contributed by atoms with Gasteiger partial charge >= 0.3 is 0 Å². The Bertz CT molecular complexity index is 1060. The van der Waals surface area contributed by atoms with E-state index in [-0.39, 0.29) is 5.41 Å². The smallest absolute Gasteiger partial charge is 0.122 e. The Balaban J connectivity index is 1.55. The molecule has 0 aliphatic carbocycles. The predicted molar refractivity (Wildman–Crippen MR) is 133 cm³/mol. The first-order valence-corrected chi connectivity index (χ1v) is 11.9. The average Bonchev–Trinajstić information content (AvgIpc) is 3.37. The van der Waals surface area contributed by atoms with Crippen molar-refractivity contribution in [3.8, 4) is 28.7 Å². The van der Waals surface area contributed by atoms with Gasteiger partial charge in [0.15, 0.2) is 0 Å². The van der Waals surface area contributed by atoms with Crippen molar-refractivity contribution >= 4 is 28.7 Å². The van der Waals surface area contributed by atoms with Crippen molar-refractivity contribution in [1.82, 2.24) is 0 Å². The van der Waals surface area contributed by atoms with Crippen LogP contribution >= 0.6 is 22.7 Å². The second kappa shape index (κ2) is 10.5. The van der Waals surface area contributed by atoms with Gasteiger partial charge in [-0.05, 0) is 97.3 Å². The van der Waals surface area contributed by atoms with Crippen LogP contribution in [-0.2, 0) is 6.61 Å². The van der Waals surface area contributed by atoms with E-state index in [1.807, 2.05) is 18.2 Å². The molecule has 0 N–H and O–H groups in total. The molecule has 0 unspecified atom stereocenters. The highest BCUT2D eigenvalue weighted by molar-refractivity contribution is 7.10. The Morgan fingerprint density at radius 1 is 1.10 bits per heavy atom. The third-order valence-electron chi connectivity index (χ3n) is 4.25. The Labute approximate surface area is 188 Å². The van der Waals surface area contributed by atoms with E-state index in [1.165, 1.54) is 21.6 Å². The lowest BCUT2D eigenvalue weighted by Crippen LogP contribution is -1.98. The Kier molecular flexibility index (Phi) is 7.74. The molecule has 0 amide bonds. The van der Waals surface area contributed by atoms with Gasteiger partial charge in [-0.2, -0.15) is 11.3 Å². The van der Waals surface area contributed by atoms with Gasteiger partial charge in [-0.15, -0.1) is 11.3 Å². The van der Waals surface area contributed by atoms with Gasteiger partial charge in [-0.1, -0.05) is 41.7 Å². The van der Waals surface area contributed by atoms with Crippen LogP contribution in [0.1, 0.15) is 44.6 Å². The molecule has 0 saturated carbocycles. The summed E-state index contributed by atoms with van der Waals surface area (Å²) in [5, 5.41) is 6.49. The molecular formula is C27H28OS2. The number of allylic oxidation sites excluding steroid dienone is 3. The largest absolute Gasteiger partial charge is 0.488 e. The molecule has 0 radical (unpaired) electrons. The van der Waals surface area contributed by atoms with E-state index in [0.29, 0.717) is 6.61 Å². The van der Waals surface area contributed by atoms with Crippen molar-refractivity contribution in [2.24, 2.45) is 5.41 Å². The predicted octanol–water partition coefficient (Wildman–Crippen LogP) is 8.45. The third kappa shape index (κ3) is 7.37. The highest BCUT2D eigenvalue weighted by Crippen LogP contribution is 2.28. The molecule has 2 heterocycles. The maximum Gasteiger partial charge on any atom is 0.122 e. The first kappa shape index (κ1) is 22.2. The molecule has 3 heteroatoms. The minimum Gasteiger partial charge on any atom is -0.488 e. The molecule has 154 valence electrons. The molecule has 0 bridgehead atoms. The molecule has 0 atom stereocenters. The number of hydrogen-bond donors (Lipinski definition) is 0. The van der Waals surface area contributed by atoms with Gasteiger partial charge in [-0.3, -0.25) is 0 Å². The van der Waals surface area contributed by atoms with Crippen LogP contribution in [-0.4, -0.2) is 0 Å². The molecule has 3 aromatic rings. The average molecular weight is 433 g/mol. The van der Waals surface area contributed by atoms with Gasteiger partial charge < -0.3 is 4.74 Å². The molecule has 0 aliphatic rings. The van der Waals surface area contributed by atoms with Crippen LogP contribution in [0.15, 0.2) is 70.3 Å². The van der Waals surface area contributed by atoms with Crippen LogP contribution in [0, 0.1) is 17.3 Å². The van der Waals surface area contributed by atoms with E-state index in [0.717, 1.165) is 17.7 Å². The summed E-state index contributed by atoms with van der Waals surface area (Å²) >= 11 is 3.47. The fourth-order valence-corrected chi connectivity index (χ4v) is 4.26. The SMILES string of the molecule is CC(=Cc1cccc(OCc2cc(-c3ccsc3)cs2)c1)CC=CC#CC(C)(C)C.